The molecule has 0 unspecified atom stereocenters. The van der Waals surface area contributed by atoms with Crippen LogP contribution in [0, 0.1) is 6.92 Å². The highest BCUT2D eigenvalue weighted by Gasteiger charge is 2.18. The van der Waals surface area contributed by atoms with Gasteiger partial charge in [-0.15, -0.1) is 5.10 Å². The average Bonchev–Trinajstić information content (AvgIpc) is 3.23. The lowest BCUT2D eigenvalue weighted by atomic mass is 10.2. The number of rotatable bonds is 5. The van der Waals surface area contributed by atoms with Gasteiger partial charge >= 0.3 is 6.01 Å². The number of ether oxygens (including phenoxy) is 2. The molecule has 0 saturated heterocycles. The lowest BCUT2D eigenvalue weighted by molar-refractivity contribution is 0.0985. The Kier molecular flexibility index (Phi) is 4.15. The molecule has 0 aliphatic carbocycles. The zero-order valence-corrected chi connectivity index (χ0v) is 13.2. The van der Waals surface area contributed by atoms with Crippen molar-refractivity contribution in [2.75, 3.05) is 19.5 Å². The topological polar surface area (TPSA) is 113 Å². The Balaban J connectivity index is 1.82. The van der Waals surface area contributed by atoms with Gasteiger partial charge in [0.1, 0.15) is 11.5 Å². The van der Waals surface area contributed by atoms with Crippen LogP contribution < -0.4 is 14.8 Å². The molecule has 3 aromatic rings. The average molecular weight is 330 g/mol. The van der Waals surface area contributed by atoms with E-state index in [0.29, 0.717) is 22.8 Å². The maximum absolute atomic E-state index is 12.0. The van der Waals surface area contributed by atoms with E-state index < -0.39 is 5.91 Å². The molecule has 0 aliphatic heterocycles. The first-order valence-corrected chi connectivity index (χ1v) is 6.91. The van der Waals surface area contributed by atoms with Crippen molar-refractivity contribution in [1.29, 1.82) is 0 Å². The number of nitrogens with zero attached hydrogens (tertiary/aromatic N) is 3. The van der Waals surface area contributed by atoms with Crippen molar-refractivity contribution in [2.45, 2.75) is 6.92 Å². The smallest absolute Gasteiger partial charge is 0.322 e. The highest BCUT2D eigenvalue weighted by atomic mass is 16.5. The molecular weight excluding hydrogens is 316 g/mol. The number of benzene rings is 1. The van der Waals surface area contributed by atoms with Crippen molar-refractivity contribution in [3.8, 4) is 23.0 Å². The van der Waals surface area contributed by atoms with E-state index in [-0.39, 0.29) is 17.7 Å². The fourth-order valence-corrected chi connectivity index (χ4v) is 1.99. The van der Waals surface area contributed by atoms with E-state index in [1.807, 2.05) is 0 Å². The van der Waals surface area contributed by atoms with Crippen LogP contribution in [0.1, 0.15) is 16.2 Å². The minimum absolute atomic E-state index is 0.0503. The summed E-state index contributed by atoms with van der Waals surface area (Å²) in [5.41, 5.74) is 1.16. The van der Waals surface area contributed by atoms with E-state index >= 15 is 0 Å². The van der Waals surface area contributed by atoms with E-state index in [4.69, 9.17) is 18.4 Å². The second kappa shape index (κ2) is 6.41. The van der Waals surface area contributed by atoms with Crippen molar-refractivity contribution in [1.82, 2.24) is 15.4 Å². The number of aromatic nitrogens is 3. The maximum Gasteiger partial charge on any atom is 0.322 e. The number of carbonyl (C=O) groups is 1. The fraction of sp³-hybridized carbons (Fsp3) is 0.200. The highest BCUT2D eigenvalue weighted by molar-refractivity contribution is 6.00. The Labute approximate surface area is 136 Å². The SMILES string of the molecule is COc1ccc(-c2nnc(NC(=O)c3cc(C)no3)o2)c(OC)c1. The van der Waals surface area contributed by atoms with E-state index in [1.54, 1.807) is 32.2 Å². The highest BCUT2D eigenvalue weighted by Crippen LogP contribution is 2.33. The van der Waals surface area contributed by atoms with Crippen molar-refractivity contribution in [3.63, 3.8) is 0 Å². The number of nitrogens with one attached hydrogen (secondary N) is 1. The molecule has 24 heavy (non-hydrogen) atoms. The van der Waals surface area contributed by atoms with Crippen molar-refractivity contribution < 1.29 is 23.2 Å². The Morgan fingerprint density at radius 1 is 1.17 bits per heavy atom. The van der Waals surface area contributed by atoms with E-state index in [0.717, 1.165) is 0 Å². The monoisotopic (exact) mass is 330 g/mol. The third kappa shape index (κ3) is 3.05. The molecule has 2 heterocycles. The summed E-state index contributed by atoms with van der Waals surface area (Å²) in [6.07, 6.45) is 0. The van der Waals surface area contributed by atoms with Crippen LogP contribution in [-0.2, 0) is 0 Å². The van der Waals surface area contributed by atoms with Gasteiger partial charge in [0, 0.05) is 12.1 Å². The Hall–Kier alpha value is -3.36. The lowest BCUT2D eigenvalue weighted by Gasteiger charge is -2.07. The van der Waals surface area contributed by atoms with Crippen LogP contribution >= 0.6 is 0 Å². The molecule has 9 heteroatoms. The molecule has 1 aromatic carbocycles. The Morgan fingerprint density at radius 3 is 2.67 bits per heavy atom. The van der Waals surface area contributed by atoms with Gasteiger partial charge in [0.05, 0.1) is 25.5 Å². The van der Waals surface area contributed by atoms with E-state index in [1.165, 1.54) is 13.2 Å². The first kappa shape index (κ1) is 15.5. The molecule has 0 radical (unpaired) electrons. The number of aryl methyl sites for hydroxylation is 1. The minimum atomic E-state index is -0.535. The molecule has 0 saturated carbocycles. The van der Waals surface area contributed by atoms with Crippen molar-refractivity contribution in [3.05, 3.63) is 35.7 Å². The molecule has 0 fully saturated rings. The lowest BCUT2D eigenvalue weighted by Crippen LogP contribution is -2.11. The van der Waals surface area contributed by atoms with Crippen LogP contribution in [-0.4, -0.2) is 35.5 Å². The Morgan fingerprint density at radius 2 is 2.00 bits per heavy atom. The van der Waals surface area contributed by atoms with E-state index in [2.05, 4.69) is 20.7 Å². The normalized spacial score (nSPS) is 10.5. The van der Waals surface area contributed by atoms with Gasteiger partial charge in [0.15, 0.2) is 0 Å². The maximum atomic E-state index is 12.0. The molecule has 0 aliphatic rings. The van der Waals surface area contributed by atoms with Crippen LogP contribution in [0.2, 0.25) is 0 Å². The van der Waals surface area contributed by atoms with Gasteiger partial charge in [0.2, 0.25) is 5.76 Å². The molecule has 2 aromatic heterocycles. The second-order valence-electron chi connectivity index (χ2n) is 4.77. The van der Waals surface area contributed by atoms with Gasteiger partial charge in [-0.3, -0.25) is 10.1 Å². The first-order chi connectivity index (χ1) is 11.6. The summed E-state index contributed by atoms with van der Waals surface area (Å²) in [7, 11) is 3.07. The van der Waals surface area contributed by atoms with Crippen molar-refractivity contribution in [2.24, 2.45) is 0 Å². The Bertz CT molecular complexity index is 870. The largest absolute Gasteiger partial charge is 0.497 e. The summed E-state index contributed by atoms with van der Waals surface area (Å²) >= 11 is 0. The van der Waals surface area contributed by atoms with Gasteiger partial charge in [0.25, 0.3) is 11.8 Å². The minimum Gasteiger partial charge on any atom is -0.497 e. The predicted octanol–water partition coefficient (Wildman–Crippen LogP) is 2.30. The second-order valence-corrected chi connectivity index (χ2v) is 4.77. The third-order valence-electron chi connectivity index (χ3n) is 3.14. The molecule has 9 nitrogen and oxygen atoms in total. The van der Waals surface area contributed by atoms with Gasteiger partial charge in [-0.1, -0.05) is 10.3 Å². The molecule has 3 rings (SSSR count). The number of methoxy groups -OCH3 is 2. The molecular formula is C15H14N4O5. The molecule has 0 spiro atoms. The number of amides is 1. The third-order valence-corrected chi connectivity index (χ3v) is 3.14. The number of hydrogen-bond donors (Lipinski definition) is 1. The summed E-state index contributed by atoms with van der Waals surface area (Å²) in [6, 6.07) is 6.57. The summed E-state index contributed by atoms with van der Waals surface area (Å²) in [6.45, 7) is 1.71. The molecule has 1 N–H and O–H groups in total. The van der Waals surface area contributed by atoms with Gasteiger partial charge in [-0.25, -0.2) is 0 Å². The van der Waals surface area contributed by atoms with Crippen LogP contribution in [0.3, 0.4) is 0 Å². The molecule has 1 amide bonds. The van der Waals surface area contributed by atoms with Gasteiger partial charge in [-0.05, 0) is 19.1 Å². The standard InChI is InChI=1S/C15H14N4O5/c1-8-6-12(24-19-8)13(20)16-15-18-17-14(23-15)10-5-4-9(21-2)7-11(10)22-3/h4-7H,1-3H3,(H,16,18,20). The number of hydrogen-bond acceptors (Lipinski definition) is 8. The summed E-state index contributed by atoms with van der Waals surface area (Å²) in [5.74, 6) is 0.839. The fourth-order valence-electron chi connectivity index (χ4n) is 1.99. The van der Waals surface area contributed by atoms with Gasteiger partial charge < -0.3 is 18.4 Å². The summed E-state index contributed by atoms with van der Waals surface area (Å²) in [4.78, 5) is 12.0. The molecule has 124 valence electrons. The van der Waals surface area contributed by atoms with Gasteiger partial charge in [-0.2, -0.15) is 0 Å². The number of carbonyl (C=O) groups excluding carboxylic acids is 1. The molecule has 0 atom stereocenters. The summed E-state index contributed by atoms with van der Waals surface area (Å²) in [5, 5.41) is 13.8. The number of anilines is 1. The van der Waals surface area contributed by atoms with Crippen LogP contribution in [0.15, 0.2) is 33.2 Å². The zero-order valence-electron chi connectivity index (χ0n) is 13.2. The van der Waals surface area contributed by atoms with Crippen LogP contribution in [0.25, 0.3) is 11.5 Å². The van der Waals surface area contributed by atoms with Crippen LogP contribution in [0.4, 0.5) is 6.01 Å². The zero-order chi connectivity index (χ0) is 17.1. The molecule has 0 bridgehead atoms. The quantitative estimate of drug-likeness (QED) is 0.758. The first-order valence-electron chi connectivity index (χ1n) is 6.91. The van der Waals surface area contributed by atoms with E-state index in [9.17, 15) is 4.79 Å². The summed E-state index contributed by atoms with van der Waals surface area (Å²) < 4.78 is 20.7. The van der Waals surface area contributed by atoms with Crippen LogP contribution in [0.5, 0.6) is 11.5 Å². The van der Waals surface area contributed by atoms with Crippen molar-refractivity contribution >= 4 is 11.9 Å². The predicted molar refractivity (Wildman–Crippen MR) is 82.0 cm³/mol.